The van der Waals surface area contributed by atoms with Crippen molar-refractivity contribution in [2.45, 2.75) is 12.5 Å². The Hall–Kier alpha value is -1.08. The lowest BCUT2D eigenvalue weighted by Crippen LogP contribution is -2.43. The van der Waals surface area contributed by atoms with Crippen molar-refractivity contribution in [2.75, 3.05) is 44.3 Å². The smallest absolute Gasteiger partial charge is 0.270 e. The van der Waals surface area contributed by atoms with E-state index >= 15 is 0 Å². The number of amides is 1. The first-order valence-corrected chi connectivity index (χ1v) is 7.62. The van der Waals surface area contributed by atoms with Crippen LogP contribution in [0.3, 0.4) is 0 Å². The van der Waals surface area contributed by atoms with Crippen molar-refractivity contribution in [2.24, 2.45) is 0 Å². The summed E-state index contributed by atoms with van der Waals surface area (Å²) in [5.41, 5.74) is 1.24. The van der Waals surface area contributed by atoms with Crippen molar-refractivity contribution in [1.82, 2.24) is 15.6 Å². The Morgan fingerprint density at radius 1 is 1.41 bits per heavy atom. The van der Waals surface area contributed by atoms with Gasteiger partial charge >= 0.3 is 0 Å². The van der Waals surface area contributed by atoms with Gasteiger partial charge in [-0.05, 0) is 18.6 Å². The molecule has 122 valence electrons. The Bertz CT molecular complexity index is 518. The molecule has 1 atom stereocenters. The summed E-state index contributed by atoms with van der Waals surface area (Å²) in [6, 6.07) is 3.68. The molecule has 0 saturated carbocycles. The number of rotatable bonds is 3. The summed E-state index contributed by atoms with van der Waals surface area (Å²) in [6.07, 6.45) is 0.846. The van der Waals surface area contributed by atoms with E-state index in [9.17, 15) is 4.79 Å². The number of halogens is 2. The van der Waals surface area contributed by atoms with Gasteiger partial charge in [0.15, 0.2) is 5.15 Å². The summed E-state index contributed by atoms with van der Waals surface area (Å²) >= 11 is 6.25. The van der Waals surface area contributed by atoms with Gasteiger partial charge in [-0.1, -0.05) is 11.6 Å². The van der Waals surface area contributed by atoms with Crippen LogP contribution in [0.5, 0.6) is 0 Å². The third-order valence-electron chi connectivity index (χ3n) is 3.78. The van der Waals surface area contributed by atoms with Gasteiger partial charge in [-0.2, -0.15) is 0 Å². The Kier molecular flexibility index (Phi) is 6.26. The van der Waals surface area contributed by atoms with E-state index in [1.54, 1.807) is 6.07 Å². The second-order valence-electron chi connectivity index (χ2n) is 5.28. The van der Waals surface area contributed by atoms with Gasteiger partial charge in [0, 0.05) is 32.8 Å². The quantitative estimate of drug-likeness (QED) is 0.802. The molecule has 2 fully saturated rings. The maximum Gasteiger partial charge on any atom is 0.270 e. The van der Waals surface area contributed by atoms with Crippen molar-refractivity contribution >= 4 is 35.6 Å². The third kappa shape index (κ3) is 4.01. The molecular formula is C14H20Cl2N4O2. The lowest BCUT2D eigenvalue weighted by Gasteiger charge is -2.29. The van der Waals surface area contributed by atoms with Crippen LogP contribution in [-0.4, -0.2) is 56.3 Å². The van der Waals surface area contributed by atoms with Gasteiger partial charge in [0.2, 0.25) is 0 Å². The molecule has 0 aromatic carbocycles. The Balaban J connectivity index is 0.00000176. The fourth-order valence-corrected chi connectivity index (χ4v) is 2.88. The predicted octanol–water partition coefficient (Wildman–Crippen LogP) is 1.09. The number of pyridine rings is 1. The maximum atomic E-state index is 12.1. The average molecular weight is 347 g/mol. The van der Waals surface area contributed by atoms with Gasteiger partial charge in [-0.25, -0.2) is 4.98 Å². The molecule has 0 radical (unpaired) electrons. The molecular weight excluding hydrogens is 327 g/mol. The minimum atomic E-state index is -0.195. The van der Waals surface area contributed by atoms with E-state index in [1.807, 2.05) is 6.07 Å². The molecule has 2 aliphatic heterocycles. The van der Waals surface area contributed by atoms with Gasteiger partial charge in [-0.3, -0.25) is 4.79 Å². The summed E-state index contributed by atoms with van der Waals surface area (Å²) in [5.74, 6) is -0.195. The van der Waals surface area contributed by atoms with Crippen molar-refractivity contribution < 1.29 is 9.53 Å². The highest BCUT2D eigenvalue weighted by atomic mass is 35.5. The highest BCUT2D eigenvalue weighted by Crippen LogP contribution is 2.24. The first kappa shape index (κ1) is 17.3. The fourth-order valence-electron chi connectivity index (χ4n) is 2.60. The number of piperazine rings is 1. The molecule has 0 aliphatic carbocycles. The van der Waals surface area contributed by atoms with E-state index in [0.29, 0.717) is 24.1 Å². The molecule has 1 aromatic heterocycles. The van der Waals surface area contributed by atoms with Gasteiger partial charge in [0.25, 0.3) is 5.91 Å². The zero-order valence-corrected chi connectivity index (χ0v) is 13.8. The van der Waals surface area contributed by atoms with E-state index in [1.165, 1.54) is 0 Å². The zero-order chi connectivity index (χ0) is 14.7. The fraction of sp³-hybridized carbons (Fsp3) is 0.571. The number of nitrogens with zero attached hydrogens (tertiary/aromatic N) is 2. The zero-order valence-electron chi connectivity index (χ0n) is 12.2. The molecule has 6 nitrogen and oxygen atoms in total. The standard InChI is InChI=1S/C14H19ClN4O2.ClH/c15-13-12(19-6-4-16-5-7-19)2-1-11(18-13)14(20)17-10-3-8-21-9-10;/h1-2,10,16H,3-9H2,(H,17,20);1H/t10-;/m1./s1. The molecule has 3 heterocycles. The first-order valence-electron chi connectivity index (χ1n) is 7.25. The van der Waals surface area contributed by atoms with Crippen LogP contribution in [0.1, 0.15) is 16.9 Å². The van der Waals surface area contributed by atoms with Crippen LogP contribution in [0, 0.1) is 0 Å². The van der Waals surface area contributed by atoms with Gasteiger partial charge in [0.1, 0.15) is 5.69 Å². The number of ether oxygens (including phenoxy) is 1. The Morgan fingerprint density at radius 2 is 2.18 bits per heavy atom. The number of carbonyl (C=O) groups excluding carboxylic acids is 1. The number of nitrogens with one attached hydrogen (secondary N) is 2. The van der Waals surface area contributed by atoms with E-state index in [4.69, 9.17) is 16.3 Å². The summed E-state index contributed by atoms with van der Waals surface area (Å²) in [7, 11) is 0. The summed E-state index contributed by atoms with van der Waals surface area (Å²) < 4.78 is 5.24. The number of anilines is 1. The largest absolute Gasteiger partial charge is 0.379 e. The Morgan fingerprint density at radius 3 is 2.82 bits per heavy atom. The lowest BCUT2D eigenvalue weighted by atomic mass is 10.2. The van der Waals surface area contributed by atoms with Crippen LogP contribution in [0.25, 0.3) is 0 Å². The number of carbonyl (C=O) groups is 1. The van der Waals surface area contributed by atoms with Gasteiger partial charge in [0.05, 0.1) is 18.3 Å². The predicted molar refractivity (Wildman–Crippen MR) is 88.3 cm³/mol. The van der Waals surface area contributed by atoms with Gasteiger partial charge in [-0.15, -0.1) is 12.4 Å². The van der Waals surface area contributed by atoms with Crippen LogP contribution in [-0.2, 0) is 4.74 Å². The molecule has 0 unspecified atom stereocenters. The molecule has 0 spiro atoms. The third-order valence-corrected chi connectivity index (χ3v) is 4.06. The number of hydrogen-bond acceptors (Lipinski definition) is 5. The van der Waals surface area contributed by atoms with Crippen LogP contribution in [0.2, 0.25) is 5.15 Å². The maximum absolute atomic E-state index is 12.1. The van der Waals surface area contributed by atoms with E-state index < -0.39 is 0 Å². The first-order chi connectivity index (χ1) is 10.2. The summed E-state index contributed by atoms with van der Waals surface area (Å²) in [5, 5.41) is 6.59. The molecule has 1 aromatic rings. The number of hydrogen-bond donors (Lipinski definition) is 2. The highest BCUT2D eigenvalue weighted by Gasteiger charge is 2.21. The van der Waals surface area contributed by atoms with Crippen molar-refractivity contribution in [1.29, 1.82) is 0 Å². The second kappa shape index (κ2) is 7.97. The molecule has 8 heteroatoms. The monoisotopic (exact) mass is 346 g/mol. The molecule has 2 N–H and O–H groups in total. The SMILES string of the molecule is Cl.O=C(N[C@@H]1CCOC1)c1ccc(N2CCNCC2)c(Cl)n1. The van der Waals surface area contributed by atoms with Gasteiger partial charge < -0.3 is 20.3 Å². The van der Waals surface area contributed by atoms with Crippen LogP contribution in [0.15, 0.2) is 12.1 Å². The highest BCUT2D eigenvalue weighted by molar-refractivity contribution is 6.32. The minimum Gasteiger partial charge on any atom is -0.379 e. The molecule has 2 aliphatic rings. The van der Waals surface area contributed by atoms with E-state index in [0.717, 1.165) is 38.3 Å². The normalized spacial score (nSPS) is 21.3. The van der Waals surface area contributed by atoms with E-state index in [-0.39, 0.29) is 24.4 Å². The summed E-state index contributed by atoms with van der Waals surface area (Å²) in [6.45, 7) is 4.92. The summed E-state index contributed by atoms with van der Waals surface area (Å²) in [4.78, 5) is 18.5. The Labute approximate surface area is 141 Å². The molecule has 3 rings (SSSR count). The van der Waals surface area contributed by atoms with Crippen LogP contribution >= 0.6 is 24.0 Å². The molecule has 1 amide bonds. The minimum absolute atomic E-state index is 0. The molecule has 2 saturated heterocycles. The van der Waals surface area contributed by atoms with Crippen molar-refractivity contribution in [3.05, 3.63) is 23.0 Å². The van der Waals surface area contributed by atoms with Crippen LogP contribution in [0.4, 0.5) is 5.69 Å². The molecule has 0 bridgehead atoms. The van der Waals surface area contributed by atoms with Crippen molar-refractivity contribution in [3.63, 3.8) is 0 Å². The van der Waals surface area contributed by atoms with Crippen molar-refractivity contribution in [3.8, 4) is 0 Å². The number of aromatic nitrogens is 1. The van der Waals surface area contributed by atoms with E-state index in [2.05, 4.69) is 20.5 Å². The topological polar surface area (TPSA) is 66.5 Å². The molecule has 22 heavy (non-hydrogen) atoms. The second-order valence-corrected chi connectivity index (χ2v) is 5.64. The van der Waals surface area contributed by atoms with Crippen LogP contribution < -0.4 is 15.5 Å². The average Bonchev–Trinajstić information content (AvgIpc) is 3.01. The lowest BCUT2D eigenvalue weighted by molar-refractivity contribution is 0.0925.